The Bertz CT molecular complexity index is 639. The number of aromatic nitrogens is 1. The molecule has 0 saturated carbocycles. The average molecular weight is 286 g/mol. The Morgan fingerprint density at radius 1 is 1.14 bits per heavy atom. The van der Waals surface area contributed by atoms with E-state index in [1.54, 1.807) is 11.9 Å². The van der Waals surface area contributed by atoms with Gasteiger partial charge in [0.1, 0.15) is 0 Å². The van der Waals surface area contributed by atoms with Gasteiger partial charge in [-0.2, -0.15) is 0 Å². The molecule has 0 radical (unpaired) electrons. The third-order valence-electron chi connectivity index (χ3n) is 3.34. The number of rotatable bonds is 4. The maximum Gasteiger partial charge on any atom is 0.321 e. The lowest BCUT2D eigenvalue weighted by molar-refractivity contribution is 0.217. The van der Waals surface area contributed by atoms with Crippen LogP contribution in [0.1, 0.15) is 5.69 Å². The lowest BCUT2D eigenvalue weighted by Gasteiger charge is -2.20. The molecular weight excluding hydrogens is 264 g/mol. The smallest absolute Gasteiger partial charge is 0.321 e. The summed E-state index contributed by atoms with van der Waals surface area (Å²) >= 11 is 0. The zero-order valence-electron chi connectivity index (χ0n) is 13.1. The van der Waals surface area contributed by atoms with Gasteiger partial charge in [0, 0.05) is 31.2 Å². The summed E-state index contributed by atoms with van der Waals surface area (Å²) in [7, 11) is 5.78. The number of pyridine rings is 1. The summed E-state index contributed by atoms with van der Waals surface area (Å²) in [6, 6.07) is 9.60. The van der Waals surface area contributed by atoms with E-state index < -0.39 is 0 Å². The van der Waals surface area contributed by atoms with Crippen LogP contribution < -0.4 is 5.32 Å². The summed E-state index contributed by atoms with van der Waals surface area (Å²) in [6.45, 7) is 3.47. The van der Waals surface area contributed by atoms with Crippen molar-refractivity contribution in [3.05, 3.63) is 36.0 Å². The molecule has 0 aliphatic heterocycles. The number of fused-ring (bicyclic) bond motifs is 1. The second-order valence-corrected chi connectivity index (χ2v) is 5.48. The number of anilines is 1. The summed E-state index contributed by atoms with van der Waals surface area (Å²) < 4.78 is 0. The molecule has 0 unspecified atom stereocenters. The van der Waals surface area contributed by atoms with Gasteiger partial charge in [-0.1, -0.05) is 6.07 Å². The Labute approximate surface area is 125 Å². The van der Waals surface area contributed by atoms with E-state index in [1.807, 2.05) is 56.3 Å². The summed E-state index contributed by atoms with van der Waals surface area (Å²) in [5.41, 5.74) is 2.65. The van der Waals surface area contributed by atoms with Gasteiger partial charge in [0.15, 0.2) is 0 Å². The van der Waals surface area contributed by atoms with E-state index in [0.29, 0.717) is 6.54 Å². The zero-order chi connectivity index (χ0) is 15.4. The molecule has 0 aliphatic rings. The lowest BCUT2D eigenvalue weighted by Crippen LogP contribution is -2.36. The SMILES string of the molecule is Cc1ccc2c(NC(=O)N(C)CCN(C)C)cccc2n1. The van der Waals surface area contributed by atoms with Gasteiger partial charge in [0.25, 0.3) is 0 Å². The standard InChI is InChI=1S/C16H22N4O/c1-12-8-9-13-14(17-12)6-5-7-15(13)18-16(21)20(4)11-10-19(2)3/h5-9H,10-11H2,1-4H3,(H,18,21). The van der Waals surface area contributed by atoms with E-state index in [2.05, 4.69) is 10.3 Å². The number of nitrogens with one attached hydrogen (secondary N) is 1. The molecule has 2 amide bonds. The average Bonchev–Trinajstić information content (AvgIpc) is 2.44. The first-order valence-electron chi connectivity index (χ1n) is 7.00. The predicted molar refractivity (Wildman–Crippen MR) is 86.7 cm³/mol. The summed E-state index contributed by atoms with van der Waals surface area (Å²) in [5.74, 6) is 0. The van der Waals surface area contributed by atoms with Gasteiger partial charge in [-0.05, 0) is 45.3 Å². The first kappa shape index (κ1) is 15.3. The molecule has 0 bridgehead atoms. The van der Waals surface area contributed by atoms with Crippen molar-refractivity contribution in [3.63, 3.8) is 0 Å². The van der Waals surface area contributed by atoms with E-state index in [1.165, 1.54) is 0 Å². The van der Waals surface area contributed by atoms with Crippen LogP contribution in [0.3, 0.4) is 0 Å². The van der Waals surface area contributed by atoms with Crippen LogP contribution in [0, 0.1) is 6.92 Å². The van der Waals surface area contributed by atoms with Crippen LogP contribution in [-0.2, 0) is 0 Å². The van der Waals surface area contributed by atoms with Gasteiger partial charge in [-0.25, -0.2) is 4.79 Å². The zero-order valence-corrected chi connectivity index (χ0v) is 13.1. The van der Waals surface area contributed by atoms with Crippen molar-refractivity contribution >= 4 is 22.6 Å². The van der Waals surface area contributed by atoms with Crippen molar-refractivity contribution in [1.29, 1.82) is 0 Å². The van der Waals surface area contributed by atoms with Crippen LogP contribution >= 0.6 is 0 Å². The number of hydrogen-bond acceptors (Lipinski definition) is 3. The highest BCUT2D eigenvalue weighted by molar-refractivity contribution is 6.00. The minimum atomic E-state index is -0.107. The molecule has 112 valence electrons. The Balaban J connectivity index is 2.14. The number of benzene rings is 1. The third-order valence-corrected chi connectivity index (χ3v) is 3.34. The molecule has 5 heteroatoms. The predicted octanol–water partition coefficient (Wildman–Crippen LogP) is 2.57. The Hall–Kier alpha value is -2.14. The molecule has 1 aromatic carbocycles. The molecule has 21 heavy (non-hydrogen) atoms. The lowest BCUT2D eigenvalue weighted by atomic mass is 10.1. The molecule has 0 spiro atoms. The van der Waals surface area contributed by atoms with Crippen molar-refractivity contribution < 1.29 is 4.79 Å². The number of likely N-dealkylation sites (N-methyl/N-ethyl adjacent to an activating group) is 2. The number of urea groups is 1. The first-order valence-corrected chi connectivity index (χ1v) is 7.00. The Morgan fingerprint density at radius 2 is 1.90 bits per heavy atom. The number of carbonyl (C=O) groups excluding carboxylic acids is 1. The van der Waals surface area contributed by atoms with E-state index in [-0.39, 0.29) is 6.03 Å². The fraction of sp³-hybridized carbons (Fsp3) is 0.375. The van der Waals surface area contributed by atoms with Crippen molar-refractivity contribution in [3.8, 4) is 0 Å². The first-order chi connectivity index (χ1) is 9.97. The van der Waals surface area contributed by atoms with Crippen LogP contribution in [0.25, 0.3) is 10.9 Å². The Morgan fingerprint density at radius 3 is 2.62 bits per heavy atom. The quantitative estimate of drug-likeness (QED) is 0.939. The van der Waals surface area contributed by atoms with E-state index >= 15 is 0 Å². The molecule has 0 fully saturated rings. The fourth-order valence-electron chi connectivity index (χ4n) is 2.03. The van der Waals surface area contributed by atoms with E-state index in [4.69, 9.17) is 0 Å². The van der Waals surface area contributed by atoms with Gasteiger partial charge < -0.3 is 15.1 Å². The molecule has 0 aliphatic carbocycles. The monoisotopic (exact) mass is 286 g/mol. The molecule has 5 nitrogen and oxygen atoms in total. The molecule has 1 heterocycles. The topological polar surface area (TPSA) is 48.5 Å². The maximum absolute atomic E-state index is 12.2. The molecule has 0 atom stereocenters. The minimum Gasteiger partial charge on any atom is -0.326 e. The van der Waals surface area contributed by atoms with Crippen molar-refractivity contribution in [2.24, 2.45) is 0 Å². The molecule has 2 rings (SSSR count). The van der Waals surface area contributed by atoms with Crippen LogP contribution in [0.5, 0.6) is 0 Å². The van der Waals surface area contributed by atoms with Gasteiger partial charge in [-0.15, -0.1) is 0 Å². The van der Waals surface area contributed by atoms with Gasteiger partial charge in [0.05, 0.1) is 11.2 Å². The number of carbonyl (C=O) groups is 1. The molecule has 1 aromatic heterocycles. The Kier molecular flexibility index (Phi) is 4.75. The third kappa shape index (κ3) is 3.92. The molecule has 0 saturated heterocycles. The molecule has 1 N–H and O–H groups in total. The van der Waals surface area contributed by atoms with Crippen LogP contribution in [0.2, 0.25) is 0 Å². The highest BCUT2D eigenvalue weighted by Crippen LogP contribution is 2.22. The second-order valence-electron chi connectivity index (χ2n) is 5.48. The number of aryl methyl sites for hydroxylation is 1. The van der Waals surface area contributed by atoms with Crippen LogP contribution in [0.4, 0.5) is 10.5 Å². The highest BCUT2D eigenvalue weighted by Gasteiger charge is 2.11. The summed E-state index contributed by atoms with van der Waals surface area (Å²) in [5, 5.41) is 3.91. The summed E-state index contributed by atoms with van der Waals surface area (Å²) in [6.07, 6.45) is 0. The van der Waals surface area contributed by atoms with Gasteiger partial charge >= 0.3 is 6.03 Å². The maximum atomic E-state index is 12.2. The van der Waals surface area contributed by atoms with Crippen LogP contribution in [0.15, 0.2) is 30.3 Å². The van der Waals surface area contributed by atoms with Crippen LogP contribution in [-0.4, -0.2) is 55.0 Å². The van der Waals surface area contributed by atoms with Crippen molar-refractivity contribution in [1.82, 2.24) is 14.8 Å². The minimum absolute atomic E-state index is 0.107. The van der Waals surface area contributed by atoms with Crippen molar-refractivity contribution in [2.45, 2.75) is 6.92 Å². The van der Waals surface area contributed by atoms with E-state index in [0.717, 1.165) is 28.8 Å². The van der Waals surface area contributed by atoms with Crippen molar-refractivity contribution in [2.75, 3.05) is 39.5 Å². The summed E-state index contributed by atoms with van der Waals surface area (Å²) in [4.78, 5) is 20.4. The fourth-order valence-corrected chi connectivity index (χ4v) is 2.03. The van der Waals surface area contributed by atoms with Gasteiger partial charge in [-0.3, -0.25) is 4.98 Å². The van der Waals surface area contributed by atoms with E-state index in [9.17, 15) is 4.79 Å². The second kappa shape index (κ2) is 6.54. The number of nitrogens with zero attached hydrogens (tertiary/aromatic N) is 3. The highest BCUT2D eigenvalue weighted by atomic mass is 16.2. The normalized spacial score (nSPS) is 10.9. The number of hydrogen-bond donors (Lipinski definition) is 1. The largest absolute Gasteiger partial charge is 0.326 e. The molecular formula is C16H22N4O. The van der Waals surface area contributed by atoms with Gasteiger partial charge in [0.2, 0.25) is 0 Å². The molecule has 2 aromatic rings. The number of amides is 2.